The van der Waals surface area contributed by atoms with Crippen LogP contribution in [0.2, 0.25) is 0 Å². The van der Waals surface area contributed by atoms with E-state index >= 15 is 0 Å². The van der Waals surface area contributed by atoms with Crippen LogP contribution in [0.25, 0.3) is 0 Å². The van der Waals surface area contributed by atoms with Crippen LogP contribution in [0.4, 0.5) is 32.0 Å². The number of aliphatic hydroxyl groups excluding tert-OH is 1. The van der Waals surface area contributed by atoms with E-state index < -0.39 is 57.2 Å². The third-order valence-electron chi connectivity index (χ3n) is 7.31. The van der Waals surface area contributed by atoms with Crippen molar-refractivity contribution >= 4 is 21.6 Å². The molecule has 0 radical (unpaired) electrons. The highest BCUT2D eigenvalue weighted by molar-refractivity contribution is 7.89. The quantitative estimate of drug-likeness (QED) is 0.256. The Hall–Kier alpha value is -3.66. The summed E-state index contributed by atoms with van der Waals surface area (Å²) in [6, 6.07) is 11.0. The summed E-state index contributed by atoms with van der Waals surface area (Å²) in [6.07, 6.45) is -12.9. The van der Waals surface area contributed by atoms with Gasteiger partial charge in [0.15, 0.2) is 0 Å². The topological polar surface area (TPSA) is 125 Å². The van der Waals surface area contributed by atoms with Gasteiger partial charge in [0, 0.05) is 22.4 Å². The van der Waals surface area contributed by atoms with Crippen molar-refractivity contribution < 1.29 is 54.5 Å². The highest BCUT2D eigenvalue weighted by Crippen LogP contribution is 2.50. The number of amides is 1. The largest absolute Gasteiger partial charge is 0.485 e. The molecule has 44 heavy (non-hydrogen) atoms. The van der Waals surface area contributed by atoms with Gasteiger partial charge in [0.05, 0.1) is 10.9 Å². The number of sulfonamides is 1. The maximum absolute atomic E-state index is 13.2. The number of hydrogen-bond acceptors (Lipinski definition) is 6. The first-order valence-corrected chi connectivity index (χ1v) is 14.6. The summed E-state index contributed by atoms with van der Waals surface area (Å²) in [5.74, 6) is -0.702. The Balaban J connectivity index is 1.63. The van der Waals surface area contributed by atoms with E-state index in [2.05, 4.69) is 10.0 Å². The lowest BCUT2D eigenvalue weighted by Gasteiger charge is -2.42. The van der Waals surface area contributed by atoms with Crippen LogP contribution >= 0.6 is 0 Å². The Kier molecular flexibility index (Phi) is 8.58. The van der Waals surface area contributed by atoms with Crippen LogP contribution in [-0.4, -0.2) is 48.6 Å². The molecule has 1 aliphatic rings. The summed E-state index contributed by atoms with van der Waals surface area (Å²) < 4.78 is 114. The molecule has 1 amide bonds. The van der Waals surface area contributed by atoms with E-state index in [4.69, 9.17) is 4.74 Å². The molecule has 0 aliphatic carbocycles. The van der Waals surface area contributed by atoms with Gasteiger partial charge < -0.3 is 20.3 Å². The fraction of sp³-hybridized carbons (Fsp3) is 0.345. The minimum Gasteiger partial charge on any atom is -0.485 e. The van der Waals surface area contributed by atoms with Crippen LogP contribution in [0.5, 0.6) is 5.75 Å². The molecule has 4 rings (SSSR count). The number of aryl methyl sites for hydroxylation is 1. The van der Waals surface area contributed by atoms with Gasteiger partial charge in [-0.3, -0.25) is 4.79 Å². The van der Waals surface area contributed by atoms with Gasteiger partial charge in [-0.2, -0.15) is 26.3 Å². The Labute approximate surface area is 248 Å². The molecule has 3 aromatic carbocycles. The lowest BCUT2D eigenvalue weighted by atomic mass is 9.86. The zero-order chi connectivity index (χ0) is 32.9. The van der Waals surface area contributed by atoms with Gasteiger partial charge in [0.1, 0.15) is 17.5 Å². The fourth-order valence-electron chi connectivity index (χ4n) is 4.69. The van der Waals surface area contributed by atoms with E-state index in [-0.39, 0.29) is 27.5 Å². The first-order chi connectivity index (χ1) is 20.2. The van der Waals surface area contributed by atoms with Crippen LogP contribution in [0.15, 0.2) is 71.6 Å². The molecule has 8 nitrogen and oxygen atoms in total. The predicted molar refractivity (Wildman–Crippen MR) is 146 cm³/mol. The van der Waals surface area contributed by atoms with Gasteiger partial charge in [-0.15, -0.1) is 0 Å². The van der Waals surface area contributed by atoms with Gasteiger partial charge >= 0.3 is 12.4 Å². The van der Waals surface area contributed by atoms with Crippen molar-refractivity contribution in [2.24, 2.45) is 0 Å². The lowest BCUT2D eigenvalue weighted by Crippen LogP contribution is -2.53. The second kappa shape index (κ2) is 11.4. The summed E-state index contributed by atoms with van der Waals surface area (Å²) in [5, 5.41) is 23.0. The van der Waals surface area contributed by atoms with Gasteiger partial charge in [-0.05, 0) is 68.3 Å². The van der Waals surface area contributed by atoms with E-state index in [9.17, 15) is 49.8 Å². The maximum Gasteiger partial charge on any atom is 0.430 e. The maximum atomic E-state index is 13.2. The molecule has 0 aromatic heterocycles. The van der Waals surface area contributed by atoms with Gasteiger partial charge in [-0.25, -0.2) is 13.1 Å². The number of rotatable bonds is 7. The Bertz CT molecular complexity index is 1620. The van der Waals surface area contributed by atoms with Crippen molar-refractivity contribution in [3.63, 3.8) is 0 Å². The summed E-state index contributed by atoms with van der Waals surface area (Å²) in [4.78, 5) is 13.0. The van der Waals surface area contributed by atoms with E-state index in [1.54, 1.807) is 26.0 Å². The summed E-state index contributed by atoms with van der Waals surface area (Å²) in [7, 11) is -4.18. The number of halogens is 6. The van der Waals surface area contributed by atoms with Gasteiger partial charge in [0.2, 0.25) is 10.0 Å². The second-order valence-electron chi connectivity index (χ2n) is 10.7. The van der Waals surface area contributed by atoms with E-state index in [0.29, 0.717) is 18.6 Å². The number of hydrogen-bond donors (Lipinski definition) is 4. The molecule has 2 unspecified atom stereocenters. The number of anilines is 1. The monoisotopic (exact) mass is 646 g/mol. The van der Waals surface area contributed by atoms with Crippen LogP contribution in [0.1, 0.15) is 53.9 Å². The van der Waals surface area contributed by atoms with Crippen LogP contribution < -0.4 is 14.8 Å². The van der Waals surface area contributed by atoms with Crippen LogP contribution in [0.3, 0.4) is 0 Å². The molecule has 3 aromatic rings. The molecule has 15 heteroatoms. The standard InChI is InChI=1S/C29H28F6N2O6S/c1-4-16-5-12-20(13-6-16)44(41,42)37-23-21-15-17(7-14-22(21)43-26(2,3)24(23)38)25(39)36-19-10-8-18(9-11-19)27(40,28(30,31)32)29(33,34)35/h5-15,23-24,37-38,40H,4H2,1-3H3,(H,36,39). The first kappa shape index (κ1) is 33.2. The number of alkyl halides is 6. The molecule has 0 saturated heterocycles. The molecule has 1 aliphatic heterocycles. The third-order valence-corrected chi connectivity index (χ3v) is 8.77. The zero-order valence-electron chi connectivity index (χ0n) is 23.4. The summed E-state index contributed by atoms with van der Waals surface area (Å²) in [6.45, 7) is 4.99. The Morgan fingerprint density at radius 2 is 1.50 bits per heavy atom. The van der Waals surface area contributed by atoms with Crippen molar-refractivity contribution in [2.45, 2.75) is 67.8 Å². The minimum absolute atomic E-state index is 0.0620. The lowest BCUT2D eigenvalue weighted by molar-refractivity contribution is -0.376. The molecule has 0 bridgehead atoms. The zero-order valence-corrected chi connectivity index (χ0v) is 24.2. The molecular formula is C29H28F6N2O6S. The predicted octanol–water partition coefficient (Wildman–Crippen LogP) is 5.37. The molecule has 2 atom stereocenters. The number of ether oxygens (including phenoxy) is 1. The van der Waals surface area contributed by atoms with E-state index in [0.717, 1.165) is 17.7 Å². The van der Waals surface area contributed by atoms with Crippen LogP contribution in [0, 0.1) is 0 Å². The number of fused-ring (bicyclic) bond motifs is 1. The molecule has 0 fully saturated rings. The summed E-state index contributed by atoms with van der Waals surface area (Å²) in [5.41, 5.74) is -7.17. The van der Waals surface area contributed by atoms with Crippen molar-refractivity contribution in [1.29, 1.82) is 0 Å². The number of aliphatic hydroxyl groups is 2. The van der Waals surface area contributed by atoms with Gasteiger partial charge in [-0.1, -0.05) is 31.2 Å². The number of carbonyl (C=O) groups is 1. The molecule has 0 saturated carbocycles. The van der Waals surface area contributed by atoms with Crippen molar-refractivity contribution in [3.8, 4) is 5.75 Å². The minimum atomic E-state index is -6.07. The highest BCUT2D eigenvalue weighted by Gasteiger charge is 2.71. The van der Waals surface area contributed by atoms with Gasteiger partial charge in [0.25, 0.3) is 11.5 Å². The SMILES string of the molecule is CCc1ccc(S(=O)(=O)NC2c3cc(C(=O)Nc4ccc(C(O)(C(F)(F)F)C(F)(F)F)cc4)ccc3OC(C)(C)C2O)cc1. The molecule has 1 heterocycles. The van der Waals surface area contributed by atoms with Crippen LogP contribution in [-0.2, 0) is 22.0 Å². The Morgan fingerprint density at radius 1 is 0.932 bits per heavy atom. The first-order valence-electron chi connectivity index (χ1n) is 13.1. The fourth-order valence-corrected chi connectivity index (χ4v) is 5.92. The molecule has 238 valence electrons. The van der Waals surface area contributed by atoms with E-state index in [1.807, 2.05) is 6.92 Å². The van der Waals surface area contributed by atoms with Crippen molar-refractivity contribution in [3.05, 3.63) is 89.0 Å². The molecular weight excluding hydrogens is 618 g/mol. The number of carbonyl (C=O) groups excluding carboxylic acids is 1. The molecule has 4 N–H and O–H groups in total. The average Bonchev–Trinajstić information content (AvgIpc) is 2.94. The second-order valence-corrected chi connectivity index (χ2v) is 12.5. The van der Waals surface area contributed by atoms with E-state index in [1.165, 1.54) is 30.3 Å². The molecule has 0 spiro atoms. The Morgan fingerprint density at radius 3 is 2.02 bits per heavy atom. The normalized spacial score (nSPS) is 18.7. The van der Waals surface area contributed by atoms with Crippen molar-refractivity contribution in [2.75, 3.05) is 5.32 Å². The number of nitrogens with one attached hydrogen (secondary N) is 2. The number of benzene rings is 3. The third kappa shape index (κ3) is 6.14. The average molecular weight is 647 g/mol. The highest BCUT2D eigenvalue weighted by atomic mass is 32.2. The summed E-state index contributed by atoms with van der Waals surface area (Å²) >= 11 is 0. The smallest absolute Gasteiger partial charge is 0.430 e. The van der Waals surface area contributed by atoms with Crippen molar-refractivity contribution in [1.82, 2.24) is 4.72 Å².